The molecule has 0 spiro atoms. The average Bonchev–Trinajstić information content (AvgIpc) is 2.46. The highest BCUT2D eigenvalue weighted by atomic mass is 16.1. The quantitative estimate of drug-likeness (QED) is 0.676. The van der Waals surface area contributed by atoms with E-state index in [-0.39, 0.29) is 0 Å². The molecule has 104 valence electrons. The molecule has 0 aromatic heterocycles. The number of carbonyl (C=O) groups is 1. The molecule has 0 fully saturated rings. The van der Waals surface area contributed by atoms with Gasteiger partial charge in [0.25, 0.3) is 0 Å². The molecule has 2 rings (SSSR count). The van der Waals surface area contributed by atoms with Crippen LogP contribution in [0.1, 0.15) is 61.0 Å². The maximum atomic E-state index is 10.8. The molecule has 0 aliphatic carbocycles. The molecule has 0 bridgehead atoms. The highest BCUT2D eigenvalue weighted by molar-refractivity contribution is 5.78. The Labute approximate surface area is 121 Å². The Morgan fingerprint density at radius 1 is 0.850 bits per heavy atom. The number of aldehydes is 1. The van der Waals surface area contributed by atoms with Gasteiger partial charge in [-0.2, -0.15) is 0 Å². The van der Waals surface area contributed by atoms with E-state index in [0.29, 0.717) is 11.8 Å². The van der Waals surface area contributed by atoms with E-state index in [1.807, 2.05) is 24.3 Å². The van der Waals surface area contributed by atoms with Gasteiger partial charge >= 0.3 is 0 Å². The summed E-state index contributed by atoms with van der Waals surface area (Å²) in [4.78, 5) is 10.8. The van der Waals surface area contributed by atoms with Crippen molar-refractivity contribution in [2.45, 2.75) is 39.5 Å². The van der Waals surface area contributed by atoms with Crippen molar-refractivity contribution in [1.29, 1.82) is 0 Å². The molecule has 1 heteroatoms. The maximum Gasteiger partial charge on any atom is 0.150 e. The van der Waals surface area contributed by atoms with Crippen molar-refractivity contribution in [3.63, 3.8) is 0 Å². The minimum atomic E-state index is 0.481. The summed E-state index contributed by atoms with van der Waals surface area (Å²) in [5.74, 6) is 0.996. The standard InChI is InChI=1S/C19H22O/c1-13(2)17-6-5-7-18(19(17)14(3)4)16-10-8-15(12-20)9-11-16/h5-14H,1-4H3. The Morgan fingerprint density at radius 2 is 1.50 bits per heavy atom. The number of hydrogen-bond donors (Lipinski definition) is 0. The van der Waals surface area contributed by atoms with Crippen molar-refractivity contribution in [2.75, 3.05) is 0 Å². The summed E-state index contributed by atoms with van der Waals surface area (Å²) in [5, 5.41) is 0. The van der Waals surface area contributed by atoms with Crippen LogP contribution >= 0.6 is 0 Å². The van der Waals surface area contributed by atoms with Gasteiger partial charge in [0, 0.05) is 5.56 Å². The molecule has 0 heterocycles. The summed E-state index contributed by atoms with van der Waals surface area (Å²) in [6, 6.07) is 14.4. The molecule has 1 nitrogen and oxygen atoms in total. The zero-order valence-corrected chi connectivity index (χ0v) is 12.7. The van der Waals surface area contributed by atoms with Crippen LogP contribution in [0.2, 0.25) is 0 Å². The van der Waals surface area contributed by atoms with Crippen LogP contribution < -0.4 is 0 Å². The molecule has 0 radical (unpaired) electrons. The van der Waals surface area contributed by atoms with E-state index >= 15 is 0 Å². The second kappa shape index (κ2) is 6.04. The van der Waals surface area contributed by atoms with E-state index in [1.165, 1.54) is 22.3 Å². The predicted molar refractivity (Wildman–Crippen MR) is 85.4 cm³/mol. The van der Waals surface area contributed by atoms with E-state index in [9.17, 15) is 4.79 Å². The Bertz CT molecular complexity index is 592. The van der Waals surface area contributed by atoms with E-state index < -0.39 is 0 Å². The van der Waals surface area contributed by atoms with Crippen LogP contribution in [-0.4, -0.2) is 6.29 Å². The summed E-state index contributed by atoms with van der Waals surface area (Å²) in [6.07, 6.45) is 0.887. The average molecular weight is 266 g/mol. The molecule has 0 aliphatic heterocycles. The van der Waals surface area contributed by atoms with Crippen LogP contribution in [0, 0.1) is 0 Å². The van der Waals surface area contributed by atoms with Gasteiger partial charge in [-0.3, -0.25) is 4.79 Å². The predicted octanol–water partition coefficient (Wildman–Crippen LogP) is 5.41. The van der Waals surface area contributed by atoms with E-state index in [4.69, 9.17) is 0 Å². The van der Waals surface area contributed by atoms with Crippen LogP contribution in [-0.2, 0) is 0 Å². The van der Waals surface area contributed by atoms with Gasteiger partial charge in [-0.15, -0.1) is 0 Å². The third-order valence-electron chi connectivity index (χ3n) is 3.70. The molecule has 0 unspecified atom stereocenters. The SMILES string of the molecule is CC(C)c1cccc(-c2ccc(C=O)cc2)c1C(C)C. The third-order valence-corrected chi connectivity index (χ3v) is 3.70. The highest BCUT2D eigenvalue weighted by Gasteiger charge is 2.15. The highest BCUT2D eigenvalue weighted by Crippen LogP contribution is 2.35. The first kappa shape index (κ1) is 14.5. The van der Waals surface area contributed by atoms with Crippen molar-refractivity contribution in [1.82, 2.24) is 0 Å². The van der Waals surface area contributed by atoms with Gasteiger partial charge < -0.3 is 0 Å². The summed E-state index contributed by atoms with van der Waals surface area (Å²) in [7, 11) is 0. The van der Waals surface area contributed by atoms with Gasteiger partial charge in [0.15, 0.2) is 0 Å². The Hall–Kier alpha value is -1.89. The smallest absolute Gasteiger partial charge is 0.150 e. The second-order valence-corrected chi connectivity index (χ2v) is 5.86. The summed E-state index contributed by atoms with van der Waals surface area (Å²) >= 11 is 0. The molecule has 2 aromatic carbocycles. The maximum absolute atomic E-state index is 10.8. The number of carbonyl (C=O) groups excluding carboxylic acids is 1. The number of hydrogen-bond acceptors (Lipinski definition) is 1. The van der Waals surface area contributed by atoms with Crippen LogP contribution in [0.25, 0.3) is 11.1 Å². The molecule has 20 heavy (non-hydrogen) atoms. The fourth-order valence-electron chi connectivity index (χ4n) is 2.72. The zero-order valence-electron chi connectivity index (χ0n) is 12.7. The Morgan fingerprint density at radius 3 is 2.00 bits per heavy atom. The van der Waals surface area contributed by atoms with E-state index in [2.05, 4.69) is 45.9 Å². The van der Waals surface area contributed by atoms with Gasteiger partial charge in [-0.25, -0.2) is 0 Å². The van der Waals surface area contributed by atoms with Crippen LogP contribution in [0.5, 0.6) is 0 Å². The van der Waals surface area contributed by atoms with Crippen molar-refractivity contribution in [3.05, 3.63) is 59.2 Å². The lowest BCUT2D eigenvalue weighted by Crippen LogP contribution is -2.01. The fraction of sp³-hybridized carbons (Fsp3) is 0.316. The minimum absolute atomic E-state index is 0.481. The molecule has 0 saturated heterocycles. The number of benzene rings is 2. The Kier molecular flexibility index (Phi) is 4.39. The lowest BCUT2D eigenvalue weighted by molar-refractivity contribution is 0.112. The second-order valence-electron chi connectivity index (χ2n) is 5.86. The van der Waals surface area contributed by atoms with Gasteiger partial charge in [-0.1, -0.05) is 70.2 Å². The van der Waals surface area contributed by atoms with Crippen molar-refractivity contribution < 1.29 is 4.79 Å². The van der Waals surface area contributed by atoms with Crippen LogP contribution in [0.3, 0.4) is 0 Å². The Balaban J connectivity index is 2.60. The molecule has 0 amide bonds. The topological polar surface area (TPSA) is 17.1 Å². The normalized spacial score (nSPS) is 11.1. The third kappa shape index (κ3) is 2.82. The number of rotatable bonds is 4. The summed E-state index contributed by atoms with van der Waals surface area (Å²) < 4.78 is 0. The lowest BCUT2D eigenvalue weighted by Gasteiger charge is -2.20. The van der Waals surface area contributed by atoms with E-state index in [0.717, 1.165) is 11.8 Å². The zero-order chi connectivity index (χ0) is 14.7. The molecule has 2 aromatic rings. The lowest BCUT2D eigenvalue weighted by atomic mass is 9.84. The van der Waals surface area contributed by atoms with Gasteiger partial charge in [0.2, 0.25) is 0 Å². The minimum Gasteiger partial charge on any atom is -0.298 e. The molecule has 0 N–H and O–H groups in total. The van der Waals surface area contributed by atoms with Crippen molar-refractivity contribution in [2.24, 2.45) is 0 Å². The summed E-state index contributed by atoms with van der Waals surface area (Å²) in [5.41, 5.74) is 6.02. The van der Waals surface area contributed by atoms with Crippen molar-refractivity contribution in [3.8, 4) is 11.1 Å². The fourth-order valence-corrected chi connectivity index (χ4v) is 2.72. The van der Waals surface area contributed by atoms with Gasteiger partial charge in [0.1, 0.15) is 6.29 Å². The first-order valence-corrected chi connectivity index (χ1v) is 7.23. The largest absolute Gasteiger partial charge is 0.298 e. The molecule has 0 aliphatic rings. The van der Waals surface area contributed by atoms with Crippen molar-refractivity contribution >= 4 is 6.29 Å². The monoisotopic (exact) mass is 266 g/mol. The van der Waals surface area contributed by atoms with Crippen LogP contribution in [0.4, 0.5) is 0 Å². The van der Waals surface area contributed by atoms with Crippen LogP contribution in [0.15, 0.2) is 42.5 Å². The van der Waals surface area contributed by atoms with Gasteiger partial charge in [0.05, 0.1) is 0 Å². The molecular weight excluding hydrogens is 244 g/mol. The first-order valence-electron chi connectivity index (χ1n) is 7.23. The summed E-state index contributed by atoms with van der Waals surface area (Å²) in [6.45, 7) is 8.95. The van der Waals surface area contributed by atoms with E-state index in [1.54, 1.807) is 0 Å². The molecule has 0 saturated carbocycles. The first-order chi connectivity index (χ1) is 9.54. The molecule has 0 atom stereocenters. The van der Waals surface area contributed by atoms with Gasteiger partial charge in [-0.05, 0) is 34.1 Å². The molecular formula is C19H22O.